The highest BCUT2D eigenvalue weighted by atomic mass is 16.4. The van der Waals surface area contributed by atoms with Gasteiger partial charge in [0.15, 0.2) is 0 Å². The van der Waals surface area contributed by atoms with Crippen LogP contribution in [0.4, 0.5) is 4.79 Å². The maximum atomic E-state index is 11.3. The van der Waals surface area contributed by atoms with Crippen molar-refractivity contribution in [2.45, 2.75) is 32.2 Å². The molecule has 0 fully saturated rings. The second-order valence-electron chi connectivity index (χ2n) is 3.95. The zero-order chi connectivity index (χ0) is 13.2. The lowest BCUT2D eigenvalue weighted by Gasteiger charge is -2.06. The first-order chi connectivity index (χ1) is 8.68. The molecule has 0 aliphatic carbocycles. The van der Waals surface area contributed by atoms with Crippen LogP contribution in [0.25, 0.3) is 0 Å². The molecule has 0 bridgehead atoms. The number of aliphatic carboxylic acids is 1. The van der Waals surface area contributed by atoms with E-state index in [0.29, 0.717) is 19.5 Å². The average Bonchev–Trinajstić information content (AvgIpc) is 2.83. The Morgan fingerprint density at radius 2 is 2.06 bits per heavy atom. The maximum Gasteiger partial charge on any atom is 0.315 e. The minimum absolute atomic E-state index is 0.187. The molecule has 0 atom stereocenters. The Balaban J connectivity index is 1.95. The third kappa shape index (κ3) is 6.57. The molecule has 1 aromatic rings. The van der Waals surface area contributed by atoms with Gasteiger partial charge in [0.2, 0.25) is 0 Å². The topological polar surface area (TPSA) is 91.6 Å². The number of carboxylic acids is 1. The normalized spacial score (nSPS) is 10.0. The lowest BCUT2D eigenvalue weighted by atomic mass is 10.2. The number of amides is 2. The molecule has 18 heavy (non-hydrogen) atoms. The van der Waals surface area contributed by atoms with Crippen LogP contribution in [0.1, 0.15) is 31.2 Å². The lowest BCUT2D eigenvalue weighted by molar-refractivity contribution is -0.137. The summed E-state index contributed by atoms with van der Waals surface area (Å²) in [5, 5.41) is 13.8. The van der Waals surface area contributed by atoms with Crippen LogP contribution in [0.15, 0.2) is 23.0 Å². The second kappa shape index (κ2) is 8.16. The van der Waals surface area contributed by atoms with Gasteiger partial charge in [-0.25, -0.2) is 4.79 Å². The van der Waals surface area contributed by atoms with Gasteiger partial charge in [0.05, 0.1) is 12.5 Å². The zero-order valence-electron chi connectivity index (χ0n) is 10.1. The molecule has 6 heteroatoms. The van der Waals surface area contributed by atoms with Crippen molar-refractivity contribution in [3.8, 4) is 0 Å². The third-order valence-corrected chi connectivity index (χ3v) is 2.39. The van der Waals surface area contributed by atoms with E-state index in [1.165, 1.54) is 0 Å². The van der Waals surface area contributed by atoms with Gasteiger partial charge in [-0.05, 0) is 18.9 Å². The minimum Gasteiger partial charge on any atom is -0.481 e. The summed E-state index contributed by atoms with van der Waals surface area (Å²) in [5.41, 5.74) is 0.909. The number of carboxylic acid groups (broad SMARTS) is 1. The van der Waals surface area contributed by atoms with E-state index in [1.54, 1.807) is 18.6 Å². The van der Waals surface area contributed by atoms with Crippen LogP contribution in [-0.4, -0.2) is 23.7 Å². The number of hydrogen-bond donors (Lipinski definition) is 3. The molecule has 1 aromatic heterocycles. The van der Waals surface area contributed by atoms with Crippen molar-refractivity contribution in [1.29, 1.82) is 0 Å². The summed E-state index contributed by atoms with van der Waals surface area (Å²) in [6.45, 7) is 0.984. The second-order valence-corrected chi connectivity index (χ2v) is 3.95. The maximum absolute atomic E-state index is 11.3. The number of unbranched alkanes of at least 4 members (excludes halogenated alkanes) is 2. The van der Waals surface area contributed by atoms with Gasteiger partial charge in [0.25, 0.3) is 0 Å². The van der Waals surface area contributed by atoms with Gasteiger partial charge in [0, 0.05) is 25.1 Å². The highest BCUT2D eigenvalue weighted by Gasteiger charge is 2.01. The fourth-order valence-corrected chi connectivity index (χ4v) is 1.42. The molecule has 0 radical (unpaired) electrons. The van der Waals surface area contributed by atoms with E-state index >= 15 is 0 Å². The molecule has 1 rings (SSSR count). The summed E-state index contributed by atoms with van der Waals surface area (Å²) in [6, 6.07) is 1.56. The molecular formula is C12H18N2O4. The molecule has 0 spiro atoms. The molecule has 6 nitrogen and oxygen atoms in total. The molecule has 0 aliphatic heterocycles. The largest absolute Gasteiger partial charge is 0.481 e. The van der Waals surface area contributed by atoms with Crippen molar-refractivity contribution < 1.29 is 19.1 Å². The quantitative estimate of drug-likeness (QED) is 0.616. The Labute approximate surface area is 105 Å². The van der Waals surface area contributed by atoms with E-state index in [4.69, 9.17) is 9.52 Å². The molecule has 0 saturated carbocycles. The van der Waals surface area contributed by atoms with Crippen molar-refractivity contribution in [2.24, 2.45) is 0 Å². The summed E-state index contributed by atoms with van der Waals surface area (Å²) < 4.78 is 4.87. The Hall–Kier alpha value is -1.98. The number of carbonyl (C=O) groups is 2. The first kappa shape index (κ1) is 14.1. The van der Waals surface area contributed by atoms with Gasteiger partial charge < -0.3 is 20.2 Å². The number of hydrogen-bond acceptors (Lipinski definition) is 3. The number of carbonyl (C=O) groups excluding carboxylic acids is 1. The van der Waals surface area contributed by atoms with Gasteiger partial charge >= 0.3 is 12.0 Å². The molecule has 2 amide bonds. The van der Waals surface area contributed by atoms with Gasteiger partial charge in [-0.2, -0.15) is 0 Å². The highest BCUT2D eigenvalue weighted by Crippen LogP contribution is 1.99. The van der Waals surface area contributed by atoms with Crippen LogP contribution in [0.3, 0.4) is 0 Å². The first-order valence-electron chi connectivity index (χ1n) is 5.93. The fraction of sp³-hybridized carbons (Fsp3) is 0.500. The van der Waals surface area contributed by atoms with Gasteiger partial charge in [-0.3, -0.25) is 4.79 Å². The standard InChI is InChI=1S/C12H18N2O4/c15-11(16)4-2-1-3-6-13-12(17)14-8-10-5-7-18-9-10/h5,7,9H,1-4,6,8H2,(H,15,16)(H2,13,14,17). The Morgan fingerprint density at radius 3 is 2.72 bits per heavy atom. The number of rotatable bonds is 8. The monoisotopic (exact) mass is 254 g/mol. The van der Waals surface area contributed by atoms with Gasteiger partial charge in [-0.15, -0.1) is 0 Å². The van der Waals surface area contributed by atoms with Crippen molar-refractivity contribution in [2.75, 3.05) is 6.54 Å². The molecule has 0 aromatic carbocycles. The Kier molecular flexibility index (Phi) is 6.38. The smallest absolute Gasteiger partial charge is 0.315 e. The summed E-state index contributed by atoms with van der Waals surface area (Å²) in [5.74, 6) is -0.777. The number of nitrogens with one attached hydrogen (secondary N) is 2. The van der Waals surface area contributed by atoms with Crippen molar-refractivity contribution in [1.82, 2.24) is 10.6 Å². The summed E-state index contributed by atoms with van der Waals surface area (Å²) in [6.07, 6.45) is 5.55. The molecule has 1 heterocycles. The summed E-state index contributed by atoms with van der Waals surface area (Å²) in [4.78, 5) is 21.6. The number of furan rings is 1. The molecule has 100 valence electrons. The average molecular weight is 254 g/mol. The van der Waals surface area contributed by atoms with E-state index in [9.17, 15) is 9.59 Å². The molecule has 0 unspecified atom stereocenters. The summed E-state index contributed by atoms with van der Waals surface area (Å²) in [7, 11) is 0. The van der Waals surface area contributed by atoms with Gasteiger partial charge in [0.1, 0.15) is 0 Å². The SMILES string of the molecule is O=C(O)CCCCCNC(=O)NCc1ccoc1. The van der Waals surface area contributed by atoms with Crippen LogP contribution in [0.2, 0.25) is 0 Å². The van der Waals surface area contributed by atoms with Gasteiger partial charge in [-0.1, -0.05) is 6.42 Å². The van der Waals surface area contributed by atoms with Crippen LogP contribution in [-0.2, 0) is 11.3 Å². The fourth-order valence-electron chi connectivity index (χ4n) is 1.42. The predicted molar refractivity (Wildman–Crippen MR) is 65.1 cm³/mol. The van der Waals surface area contributed by atoms with Crippen LogP contribution >= 0.6 is 0 Å². The van der Waals surface area contributed by atoms with Crippen LogP contribution < -0.4 is 10.6 Å². The zero-order valence-corrected chi connectivity index (χ0v) is 10.1. The Morgan fingerprint density at radius 1 is 1.22 bits per heavy atom. The predicted octanol–water partition coefficient (Wildman–Crippen LogP) is 1.72. The molecular weight excluding hydrogens is 236 g/mol. The first-order valence-corrected chi connectivity index (χ1v) is 5.93. The van der Waals surface area contributed by atoms with E-state index < -0.39 is 5.97 Å². The van der Waals surface area contributed by atoms with E-state index in [0.717, 1.165) is 18.4 Å². The van der Waals surface area contributed by atoms with E-state index in [1.807, 2.05) is 0 Å². The van der Waals surface area contributed by atoms with Crippen molar-refractivity contribution in [3.05, 3.63) is 24.2 Å². The Bertz CT molecular complexity index is 362. The molecule has 0 aliphatic rings. The number of urea groups is 1. The van der Waals surface area contributed by atoms with E-state index in [2.05, 4.69) is 10.6 Å². The van der Waals surface area contributed by atoms with E-state index in [-0.39, 0.29) is 12.5 Å². The van der Waals surface area contributed by atoms with Crippen LogP contribution in [0.5, 0.6) is 0 Å². The van der Waals surface area contributed by atoms with Crippen LogP contribution in [0, 0.1) is 0 Å². The third-order valence-electron chi connectivity index (χ3n) is 2.39. The molecule has 0 saturated heterocycles. The minimum atomic E-state index is -0.777. The highest BCUT2D eigenvalue weighted by molar-refractivity contribution is 5.73. The van der Waals surface area contributed by atoms with Crippen molar-refractivity contribution >= 4 is 12.0 Å². The molecule has 3 N–H and O–H groups in total. The van der Waals surface area contributed by atoms with Crippen molar-refractivity contribution in [3.63, 3.8) is 0 Å². The summed E-state index contributed by atoms with van der Waals surface area (Å²) >= 11 is 0. The lowest BCUT2D eigenvalue weighted by Crippen LogP contribution is -2.35.